The van der Waals surface area contributed by atoms with Gasteiger partial charge in [-0.2, -0.15) is 0 Å². The van der Waals surface area contributed by atoms with Crippen molar-refractivity contribution < 1.29 is 16.5 Å². The van der Waals surface area contributed by atoms with Crippen molar-refractivity contribution in [2.45, 2.75) is 37.6 Å². The molecule has 0 radical (unpaired) electrons. The van der Waals surface area contributed by atoms with E-state index in [-0.39, 0.29) is 5.54 Å². The number of hydrogen-bond donors (Lipinski definition) is 2. The number of nitrogens with two attached hydrogens (primary N) is 2. The molecule has 98 valence electrons. The van der Waals surface area contributed by atoms with Crippen LogP contribution in [-0.2, 0) is 16.5 Å². The van der Waals surface area contributed by atoms with Crippen molar-refractivity contribution >= 4 is 18.8 Å². The average molecular weight is 446 g/mol. The van der Waals surface area contributed by atoms with E-state index >= 15 is 0 Å². The van der Waals surface area contributed by atoms with Gasteiger partial charge in [-0.3, -0.25) is 0 Å². The Hall–Kier alpha value is 1.19. The summed E-state index contributed by atoms with van der Waals surface area (Å²) in [5.41, 5.74) is 12.3. The fourth-order valence-corrected chi connectivity index (χ4v) is 4.40. The molecular weight excluding hydrogens is 426 g/mol. The SMILES string of the molecule is NCC1(N)[C@H]2CC3CC(C2)C[C@@H]1C3.[Cl][Pt][Cl]. The Morgan fingerprint density at radius 2 is 1.38 bits per heavy atom. The van der Waals surface area contributed by atoms with Crippen LogP contribution in [0.15, 0.2) is 0 Å². The van der Waals surface area contributed by atoms with Crippen LogP contribution in [0.25, 0.3) is 0 Å². The van der Waals surface area contributed by atoms with Crippen LogP contribution >= 0.6 is 18.8 Å². The van der Waals surface area contributed by atoms with Crippen LogP contribution in [0, 0.1) is 23.7 Å². The first kappa shape index (κ1) is 13.6. The fourth-order valence-electron chi connectivity index (χ4n) is 4.40. The first-order chi connectivity index (χ1) is 7.63. The van der Waals surface area contributed by atoms with Crippen LogP contribution in [-0.4, -0.2) is 12.1 Å². The molecule has 4 rings (SSSR count). The van der Waals surface area contributed by atoms with Gasteiger partial charge in [-0.25, -0.2) is 0 Å². The third kappa shape index (κ3) is 2.33. The Morgan fingerprint density at radius 1 is 1.00 bits per heavy atom. The summed E-state index contributed by atoms with van der Waals surface area (Å²) in [5, 5.41) is 0. The Morgan fingerprint density at radius 3 is 1.69 bits per heavy atom. The maximum absolute atomic E-state index is 6.47. The molecule has 0 heterocycles. The summed E-state index contributed by atoms with van der Waals surface area (Å²) in [7, 11) is 9.75. The Bertz CT molecular complexity index is 222. The third-order valence-corrected chi connectivity index (χ3v) is 5.01. The van der Waals surface area contributed by atoms with Gasteiger partial charge >= 0.3 is 35.3 Å². The number of hydrogen-bond acceptors (Lipinski definition) is 2. The zero-order valence-corrected chi connectivity index (χ0v) is 13.1. The number of halogens is 2. The summed E-state index contributed by atoms with van der Waals surface area (Å²) in [6, 6.07) is 0. The molecule has 2 nitrogen and oxygen atoms in total. The molecule has 0 aromatic heterocycles. The van der Waals surface area contributed by atoms with E-state index in [9.17, 15) is 0 Å². The van der Waals surface area contributed by atoms with Crippen LogP contribution < -0.4 is 11.5 Å². The minimum absolute atomic E-state index is 0.0213. The van der Waals surface area contributed by atoms with Crippen molar-refractivity contribution in [2.24, 2.45) is 35.1 Å². The molecule has 0 atom stereocenters. The van der Waals surface area contributed by atoms with E-state index < -0.39 is 16.5 Å². The van der Waals surface area contributed by atoms with E-state index in [0.717, 1.165) is 23.7 Å². The van der Waals surface area contributed by atoms with Crippen molar-refractivity contribution in [3.05, 3.63) is 0 Å². The molecule has 4 fully saturated rings. The second-order valence-electron chi connectivity index (χ2n) is 5.67. The van der Waals surface area contributed by atoms with Crippen LogP contribution in [0.4, 0.5) is 0 Å². The van der Waals surface area contributed by atoms with E-state index in [2.05, 4.69) is 0 Å². The Balaban J connectivity index is 0.000000292. The summed E-state index contributed by atoms with van der Waals surface area (Å²) in [4.78, 5) is 0. The standard InChI is InChI=1S/C11H20N2.2ClH.Pt/c12-6-11(13)9-2-7-1-8(4-9)5-10(11)3-7;;;/h7-10H,1-6,12-13H2;2*1H;/q;;;+2/p-2/t7?,8?,9-,10-,11?;;;. The second-order valence-corrected chi connectivity index (χ2v) is 8.95. The maximum atomic E-state index is 6.47. The van der Waals surface area contributed by atoms with Crippen LogP contribution in [0.5, 0.6) is 0 Å². The molecule has 4 saturated carbocycles. The Labute approximate surface area is 114 Å². The van der Waals surface area contributed by atoms with E-state index in [1.54, 1.807) is 0 Å². The summed E-state index contributed by atoms with van der Waals surface area (Å²) in [5.74, 6) is 3.53. The molecule has 16 heavy (non-hydrogen) atoms. The predicted octanol–water partition coefficient (Wildman–Crippen LogP) is 2.48. The van der Waals surface area contributed by atoms with Crippen molar-refractivity contribution in [3.63, 3.8) is 0 Å². The van der Waals surface area contributed by atoms with Gasteiger partial charge in [0.25, 0.3) is 0 Å². The summed E-state index contributed by atoms with van der Waals surface area (Å²) in [6.07, 6.45) is 7.00. The second kappa shape index (κ2) is 5.45. The van der Waals surface area contributed by atoms with Gasteiger partial charge in [-0.15, -0.1) is 0 Å². The average Bonchev–Trinajstić information content (AvgIpc) is 2.26. The van der Waals surface area contributed by atoms with Gasteiger partial charge in [0.15, 0.2) is 0 Å². The molecule has 4 aliphatic rings. The van der Waals surface area contributed by atoms with Gasteiger partial charge in [-0.1, -0.05) is 0 Å². The van der Waals surface area contributed by atoms with Gasteiger partial charge in [0.1, 0.15) is 0 Å². The molecule has 0 unspecified atom stereocenters. The van der Waals surface area contributed by atoms with Crippen molar-refractivity contribution in [1.29, 1.82) is 0 Å². The fraction of sp³-hybridized carbons (Fsp3) is 1.00. The molecule has 5 heteroatoms. The molecule has 0 aromatic rings. The van der Waals surface area contributed by atoms with Crippen molar-refractivity contribution in [1.82, 2.24) is 0 Å². The first-order valence-electron chi connectivity index (χ1n) is 5.95. The van der Waals surface area contributed by atoms with Crippen molar-refractivity contribution in [3.8, 4) is 0 Å². The normalized spacial score (nSPS) is 49.0. The molecule has 4 N–H and O–H groups in total. The van der Waals surface area contributed by atoms with Crippen molar-refractivity contribution in [2.75, 3.05) is 6.54 Å². The van der Waals surface area contributed by atoms with E-state index in [4.69, 9.17) is 30.3 Å². The van der Waals surface area contributed by atoms with Crippen LogP contribution in [0.1, 0.15) is 32.1 Å². The van der Waals surface area contributed by atoms with Gasteiger partial charge in [0.2, 0.25) is 0 Å². The van der Waals surface area contributed by atoms with E-state index in [1.165, 1.54) is 32.1 Å². The zero-order chi connectivity index (χ0) is 11.8. The molecular formula is C11H20Cl2N2Pt. The van der Waals surface area contributed by atoms with Gasteiger partial charge in [0, 0.05) is 12.1 Å². The summed E-state index contributed by atoms with van der Waals surface area (Å²) in [6.45, 7) is 0.710. The predicted molar refractivity (Wildman–Crippen MR) is 64.7 cm³/mol. The van der Waals surface area contributed by atoms with Crippen LogP contribution in [0.3, 0.4) is 0 Å². The number of rotatable bonds is 1. The molecule has 0 spiro atoms. The molecule has 4 bridgehead atoms. The summed E-state index contributed by atoms with van der Waals surface area (Å²) < 4.78 is 0. The molecule has 0 amide bonds. The molecule has 0 aromatic carbocycles. The van der Waals surface area contributed by atoms with Gasteiger partial charge in [0.05, 0.1) is 0 Å². The third-order valence-electron chi connectivity index (χ3n) is 5.01. The Kier molecular flexibility index (Phi) is 4.63. The zero-order valence-electron chi connectivity index (χ0n) is 9.28. The quantitative estimate of drug-likeness (QED) is 0.651. The molecule has 0 saturated heterocycles. The van der Waals surface area contributed by atoms with Gasteiger partial charge < -0.3 is 11.5 Å². The molecule has 0 aliphatic heterocycles. The molecule has 4 aliphatic carbocycles. The van der Waals surface area contributed by atoms with E-state index in [0.29, 0.717) is 6.54 Å². The summed E-state index contributed by atoms with van der Waals surface area (Å²) >= 11 is -0.472. The topological polar surface area (TPSA) is 52.0 Å². The minimum atomic E-state index is -0.472. The van der Waals surface area contributed by atoms with Crippen LogP contribution in [0.2, 0.25) is 0 Å². The first-order valence-corrected chi connectivity index (χ1v) is 11.6. The monoisotopic (exact) mass is 445 g/mol. The van der Waals surface area contributed by atoms with Gasteiger partial charge in [-0.05, 0) is 55.8 Å². The van der Waals surface area contributed by atoms with E-state index in [1.807, 2.05) is 0 Å².